The van der Waals surface area contributed by atoms with E-state index in [0.717, 1.165) is 23.4 Å². The van der Waals surface area contributed by atoms with Crippen molar-refractivity contribution in [1.82, 2.24) is 4.98 Å². The molecule has 0 unspecified atom stereocenters. The topological polar surface area (TPSA) is 80.8 Å². The van der Waals surface area contributed by atoms with Crippen molar-refractivity contribution < 1.29 is 19.1 Å². The van der Waals surface area contributed by atoms with Gasteiger partial charge in [-0.3, -0.25) is 14.9 Å². The lowest BCUT2D eigenvalue weighted by molar-refractivity contribution is -0.117. The molecule has 146 valence electrons. The molecule has 0 spiro atoms. The highest BCUT2D eigenvalue weighted by molar-refractivity contribution is 7.14. The van der Waals surface area contributed by atoms with Crippen molar-refractivity contribution in [2.45, 2.75) is 12.8 Å². The number of hydrogen-bond acceptors (Lipinski definition) is 6. The van der Waals surface area contributed by atoms with Crippen molar-refractivity contribution in [3.63, 3.8) is 0 Å². The summed E-state index contributed by atoms with van der Waals surface area (Å²) in [5, 5.41) is 5.23. The Balaban J connectivity index is 1.32. The highest BCUT2D eigenvalue weighted by Gasteiger charge is 2.22. The summed E-state index contributed by atoms with van der Waals surface area (Å²) in [5.74, 6) is 1.24. The van der Waals surface area contributed by atoms with E-state index in [1.54, 1.807) is 23.1 Å². The van der Waals surface area contributed by atoms with Gasteiger partial charge in [0.2, 0.25) is 12.7 Å². The number of ether oxygens (including phenoxy) is 2. The number of benzene rings is 2. The molecule has 7 nitrogen and oxygen atoms in total. The Labute approximate surface area is 170 Å². The number of anilines is 2. The molecule has 1 fully saturated rings. The van der Waals surface area contributed by atoms with E-state index < -0.39 is 0 Å². The van der Waals surface area contributed by atoms with Crippen LogP contribution in [0.25, 0.3) is 11.3 Å². The Kier molecular flexibility index (Phi) is 4.40. The predicted octanol–water partition coefficient (Wildman–Crippen LogP) is 3.92. The van der Waals surface area contributed by atoms with Crippen LogP contribution in [0.3, 0.4) is 0 Å². The monoisotopic (exact) mass is 407 g/mol. The minimum atomic E-state index is -0.259. The number of carbonyl (C=O) groups excluding carboxylic acids is 2. The van der Waals surface area contributed by atoms with E-state index in [2.05, 4.69) is 10.3 Å². The lowest BCUT2D eigenvalue weighted by Gasteiger charge is -2.16. The molecule has 0 atom stereocenters. The smallest absolute Gasteiger partial charge is 0.257 e. The molecule has 2 aliphatic rings. The van der Waals surface area contributed by atoms with E-state index >= 15 is 0 Å². The maximum absolute atomic E-state index is 12.7. The van der Waals surface area contributed by atoms with Gasteiger partial charge in [-0.25, -0.2) is 4.98 Å². The summed E-state index contributed by atoms with van der Waals surface area (Å²) in [6.45, 7) is 0.911. The summed E-state index contributed by atoms with van der Waals surface area (Å²) >= 11 is 1.35. The zero-order valence-electron chi connectivity index (χ0n) is 15.4. The molecule has 0 radical (unpaired) electrons. The number of rotatable bonds is 4. The van der Waals surface area contributed by atoms with Crippen LogP contribution in [0.15, 0.2) is 47.8 Å². The molecule has 0 saturated carbocycles. The van der Waals surface area contributed by atoms with Crippen molar-refractivity contribution in [3.05, 3.63) is 53.4 Å². The van der Waals surface area contributed by atoms with Gasteiger partial charge in [-0.2, -0.15) is 0 Å². The van der Waals surface area contributed by atoms with Crippen LogP contribution in [0.1, 0.15) is 23.2 Å². The second-order valence-corrected chi connectivity index (χ2v) is 7.62. The van der Waals surface area contributed by atoms with Crippen LogP contribution in [0.2, 0.25) is 0 Å². The van der Waals surface area contributed by atoms with Crippen molar-refractivity contribution in [1.29, 1.82) is 0 Å². The SMILES string of the molecule is O=C(Nc1nc(-c2ccc3c(c2)OCO3)cs1)c1cccc(N2CCCC2=O)c1. The summed E-state index contributed by atoms with van der Waals surface area (Å²) in [5.41, 5.74) is 2.88. The highest BCUT2D eigenvalue weighted by atomic mass is 32.1. The van der Waals surface area contributed by atoms with Gasteiger partial charge >= 0.3 is 0 Å². The molecule has 0 bridgehead atoms. The molecule has 1 N–H and O–H groups in total. The normalized spacial score (nSPS) is 15.0. The van der Waals surface area contributed by atoms with E-state index in [4.69, 9.17) is 9.47 Å². The summed E-state index contributed by atoms with van der Waals surface area (Å²) < 4.78 is 10.7. The lowest BCUT2D eigenvalue weighted by Crippen LogP contribution is -2.24. The molecule has 2 aromatic carbocycles. The number of hydrogen-bond donors (Lipinski definition) is 1. The van der Waals surface area contributed by atoms with Crippen LogP contribution in [0, 0.1) is 0 Å². The molecular formula is C21H17N3O4S. The van der Waals surface area contributed by atoms with Crippen LogP contribution in [0.4, 0.5) is 10.8 Å². The summed E-state index contributed by atoms with van der Waals surface area (Å²) in [4.78, 5) is 30.9. The van der Waals surface area contributed by atoms with Gasteiger partial charge in [-0.05, 0) is 42.8 Å². The molecule has 8 heteroatoms. The predicted molar refractivity (Wildman–Crippen MR) is 110 cm³/mol. The van der Waals surface area contributed by atoms with Crippen LogP contribution < -0.4 is 19.7 Å². The molecule has 2 amide bonds. The number of fused-ring (bicyclic) bond motifs is 1. The zero-order valence-corrected chi connectivity index (χ0v) is 16.2. The Morgan fingerprint density at radius 3 is 2.90 bits per heavy atom. The fraction of sp³-hybridized carbons (Fsp3) is 0.190. The largest absolute Gasteiger partial charge is 0.454 e. The molecule has 2 aliphatic heterocycles. The van der Waals surface area contributed by atoms with Gasteiger partial charge < -0.3 is 14.4 Å². The highest BCUT2D eigenvalue weighted by Crippen LogP contribution is 2.36. The summed E-state index contributed by atoms with van der Waals surface area (Å²) in [7, 11) is 0. The van der Waals surface area contributed by atoms with Gasteiger partial charge in [0.1, 0.15) is 0 Å². The zero-order chi connectivity index (χ0) is 19.8. The van der Waals surface area contributed by atoms with E-state index in [0.29, 0.717) is 35.2 Å². The second-order valence-electron chi connectivity index (χ2n) is 6.76. The molecule has 3 heterocycles. The average molecular weight is 407 g/mol. The van der Waals surface area contributed by atoms with Crippen LogP contribution in [0.5, 0.6) is 11.5 Å². The Bertz CT molecular complexity index is 1110. The van der Waals surface area contributed by atoms with Crippen molar-refractivity contribution >= 4 is 34.0 Å². The summed E-state index contributed by atoms with van der Waals surface area (Å²) in [6, 6.07) is 12.7. The second kappa shape index (κ2) is 7.21. The molecule has 3 aromatic rings. The third-order valence-electron chi connectivity index (χ3n) is 4.89. The van der Waals surface area contributed by atoms with Crippen LogP contribution >= 0.6 is 11.3 Å². The summed E-state index contributed by atoms with van der Waals surface area (Å²) in [6.07, 6.45) is 1.40. The average Bonchev–Trinajstić information content (AvgIpc) is 3.48. The van der Waals surface area contributed by atoms with Crippen molar-refractivity contribution in [2.75, 3.05) is 23.6 Å². The van der Waals surface area contributed by atoms with Crippen molar-refractivity contribution in [2.24, 2.45) is 0 Å². The Hall–Kier alpha value is -3.39. The third kappa shape index (κ3) is 3.42. The maximum Gasteiger partial charge on any atom is 0.257 e. The minimum absolute atomic E-state index is 0.0934. The van der Waals surface area contributed by atoms with Gasteiger partial charge in [-0.1, -0.05) is 6.07 Å². The van der Waals surface area contributed by atoms with E-state index in [-0.39, 0.29) is 18.6 Å². The first kappa shape index (κ1) is 17.7. The number of nitrogens with one attached hydrogen (secondary N) is 1. The third-order valence-corrected chi connectivity index (χ3v) is 5.64. The first-order valence-corrected chi connectivity index (χ1v) is 10.1. The number of aromatic nitrogens is 1. The Morgan fingerprint density at radius 1 is 1.14 bits per heavy atom. The standard InChI is InChI=1S/C21H17N3O4S/c25-19-5-2-8-24(19)15-4-1-3-14(9-15)20(26)23-21-22-16(11-29-21)13-6-7-17-18(10-13)28-12-27-17/h1,3-4,6-7,9-11H,2,5,8,12H2,(H,22,23,26). The first-order chi connectivity index (χ1) is 14.2. The van der Waals surface area contributed by atoms with Gasteiger partial charge in [0, 0.05) is 35.2 Å². The molecule has 29 heavy (non-hydrogen) atoms. The fourth-order valence-corrected chi connectivity index (χ4v) is 4.14. The molecule has 0 aliphatic carbocycles. The lowest BCUT2D eigenvalue weighted by atomic mass is 10.1. The van der Waals surface area contributed by atoms with Crippen molar-refractivity contribution in [3.8, 4) is 22.8 Å². The molecule has 5 rings (SSSR count). The molecule has 1 saturated heterocycles. The van der Waals surface area contributed by atoms with Gasteiger partial charge in [0.25, 0.3) is 5.91 Å². The number of amides is 2. The number of nitrogens with zero attached hydrogens (tertiary/aromatic N) is 2. The van der Waals surface area contributed by atoms with Crippen LogP contribution in [-0.4, -0.2) is 30.1 Å². The molecular weight excluding hydrogens is 390 g/mol. The van der Waals surface area contributed by atoms with Gasteiger partial charge in [0.05, 0.1) is 5.69 Å². The first-order valence-electron chi connectivity index (χ1n) is 9.25. The quantitative estimate of drug-likeness (QED) is 0.709. The number of thiazole rings is 1. The maximum atomic E-state index is 12.7. The van der Waals surface area contributed by atoms with Crippen LogP contribution in [-0.2, 0) is 4.79 Å². The van der Waals surface area contributed by atoms with E-state index in [1.807, 2.05) is 29.6 Å². The fourth-order valence-electron chi connectivity index (χ4n) is 3.43. The molecule has 1 aromatic heterocycles. The van der Waals surface area contributed by atoms with Gasteiger partial charge in [-0.15, -0.1) is 11.3 Å². The van der Waals surface area contributed by atoms with E-state index in [1.165, 1.54) is 11.3 Å². The van der Waals surface area contributed by atoms with Gasteiger partial charge in [0.15, 0.2) is 16.6 Å². The number of carbonyl (C=O) groups is 2. The minimum Gasteiger partial charge on any atom is -0.454 e. The Morgan fingerprint density at radius 2 is 2.03 bits per heavy atom. The van der Waals surface area contributed by atoms with E-state index in [9.17, 15) is 9.59 Å².